The van der Waals surface area contributed by atoms with Crippen LogP contribution in [0.1, 0.15) is 30.0 Å². The molecule has 8 heteroatoms. The van der Waals surface area contributed by atoms with E-state index in [2.05, 4.69) is 10.3 Å². The molecule has 0 radical (unpaired) electrons. The predicted molar refractivity (Wildman–Crippen MR) is 75.2 cm³/mol. The number of anilines is 1. The standard InChI is InChI=1S/C13H15N5O3/c1-21-11-5-2-8(6-10(11)18(19)20)7-17-12(9-3-4-9)13(14)15-16-17/h2,5-6,9H,3-4,7,14H2,1H3. The fraction of sp³-hybridized carbons (Fsp3) is 0.385. The van der Waals surface area contributed by atoms with Crippen LogP contribution in [0.4, 0.5) is 11.5 Å². The van der Waals surface area contributed by atoms with Gasteiger partial charge in [0.05, 0.1) is 24.3 Å². The molecule has 0 bridgehead atoms. The number of benzene rings is 1. The Bertz CT molecular complexity index is 693. The Morgan fingerprint density at radius 1 is 1.52 bits per heavy atom. The molecule has 3 rings (SSSR count). The van der Waals surface area contributed by atoms with E-state index in [1.165, 1.54) is 13.2 Å². The van der Waals surface area contributed by atoms with Gasteiger partial charge in [0.2, 0.25) is 0 Å². The summed E-state index contributed by atoms with van der Waals surface area (Å²) in [6.45, 7) is 0.404. The second kappa shape index (κ2) is 5.04. The van der Waals surface area contributed by atoms with Crippen LogP contribution in [0.3, 0.4) is 0 Å². The Kier molecular flexibility index (Phi) is 3.20. The van der Waals surface area contributed by atoms with Crippen molar-refractivity contribution in [2.24, 2.45) is 0 Å². The van der Waals surface area contributed by atoms with Crippen molar-refractivity contribution < 1.29 is 9.66 Å². The maximum absolute atomic E-state index is 11.0. The molecular weight excluding hydrogens is 274 g/mol. The molecule has 2 aromatic rings. The molecule has 0 atom stereocenters. The number of nitrogen functional groups attached to an aromatic ring is 1. The Balaban J connectivity index is 1.91. The van der Waals surface area contributed by atoms with Gasteiger partial charge < -0.3 is 10.5 Å². The van der Waals surface area contributed by atoms with Crippen molar-refractivity contribution in [3.8, 4) is 5.75 Å². The minimum absolute atomic E-state index is 0.0592. The number of ether oxygens (including phenoxy) is 1. The first-order chi connectivity index (χ1) is 10.1. The highest BCUT2D eigenvalue weighted by atomic mass is 16.6. The van der Waals surface area contributed by atoms with Crippen LogP contribution in [0, 0.1) is 10.1 Å². The molecule has 0 unspecified atom stereocenters. The predicted octanol–water partition coefficient (Wildman–Crippen LogP) is 1.70. The molecule has 2 N–H and O–H groups in total. The van der Waals surface area contributed by atoms with E-state index in [1.807, 2.05) is 0 Å². The van der Waals surface area contributed by atoms with E-state index in [1.54, 1.807) is 16.8 Å². The van der Waals surface area contributed by atoms with Gasteiger partial charge in [0.15, 0.2) is 11.6 Å². The molecule has 0 spiro atoms. The van der Waals surface area contributed by atoms with Crippen molar-refractivity contribution in [3.63, 3.8) is 0 Å². The summed E-state index contributed by atoms with van der Waals surface area (Å²) in [5, 5.41) is 19.0. The van der Waals surface area contributed by atoms with Crippen LogP contribution in [-0.2, 0) is 6.54 Å². The fourth-order valence-corrected chi connectivity index (χ4v) is 2.38. The summed E-state index contributed by atoms with van der Waals surface area (Å²) in [7, 11) is 1.41. The van der Waals surface area contributed by atoms with Gasteiger partial charge in [-0.15, -0.1) is 5.10 Å². The van der Waals surface area contributed by atoms with Gasteiger partial charge in [-0.05, 0) is 24.5 Å². The van der Waals surface area contributed by atoms with Gasteiger partial charge in [0.25, 0.3) is 0 Å². The molecule has 1 fully saturated rings. The second-order valence-corrected chi connectivity index (χ2v) is 5.06. The third-order valence-corrected chi connectivity index (χ3v) is 3.54. The number of hydrogen-bond donors (Lipinski definition) is 1. The van der Waals surface area contributed by atoms with Gasteiger partial charge in [-0.3, -0.25) is 10.1 Å². The fourth-order valence-electron chi connectivity index (χ4n) is 2.38. The van der Waals surface area contributed by atoms with Crippen LogP contribution < -0.4 is 10.5 Å². The number of nitro benzene ring substituents is 1. The number of nitrogens with two attached hydrogens (primary N) is 1. The van der Waals surface area contributed by atoms with E-state index < -0.39 is 4.92 Å². The van der Waals surface area contributed by atoms with E-state index in [0.29, 0.717) is 18.3 Å². The summed E-state index contributed by atoms with van der Waals surface area (Å²) < 4.78 is 6.71. The zero-order valence-corrected chi connectivity index (χ0v) is 11.5. The number of hydrogen-bond acceptors (Lipinski definition) is 6. The van der Waals surface area contributed by atoms with Crippen LogP contribution >= 0.6 is 0 Å². The second-order valence-electron chi connectivity index (χ2n) is 5.06. The first kappa shape index (κ1) is 13.3. The number of methoxy groups -OCH3 is 1. The topological polar surface area (TPSA) is 109 Å². The third-order valence-electron chi connectivity index (χ3n) is 3.54. The molecule has 0 saturated heterocycles. The molecule has 8 nitrogen and oxygen atoms in total. The molecule has 1 aliphatic rings. The molecule has 21 heavy (non-hydrogen) atoms. The average molecular weight is 289 g/mol. The Morgan fingerprint density at radius 3 is 2.90 bits per heavy atom. The molecule has 1 aliphatic carbocycles. The van der Waals surface area contributed by atoms with Crippen LogP contribution in [0.5, 0.6) is 5.75 Å². The lowest BCUT2D eigenvalue weighted by atomic mass is 10.2. The smallest absolute Gasteiger partial charge is 0.311 e. The summed E-state index contributed by atoms with van der Waals surface area (Å²) in [6.07, 6.45) is 2.17. The normalized spacial score (nSPS) is 14.1. The third kappa shape index (κ3) is 2.51. The first-order valence-corrected chi connectivity index (χ1v) is 6.60. The Morgan fingerprint density at radius 2 is 2.29 bits per heavy atom. The number of aromatic nitrogens is 3. The maximum atomic E-state index is 11.0. The van der Waals surface area contributed by atoms with Gasteiger partial charge in [-0.2, -0.15) is 0 Å². The number of rotatable bonds is 5. The van der Waals surface area contributed by atoms with Gasteiger partial charge in [0, 0.05) is 12.0 Å². The minimum atomic E-state index is -0.458. The maximum Gasteiger partial charge on any atom is 0.311 e. The highest BCUT2D eigenvalue weighted by Crippen LogP contribution is 2.42. The number of nitro groups is 1. The van der Waals surface area contributed by atoms with Crippen molar-refractivity contribution in [2.45, 2.75) is 25.3 Å². The van der Waals surface area contributed by atoms with Crippen LogP contribution in [0.15, 0.2) is 18.2 Å². The molecule has 1 saturated carbocycles. The highest BCUT2D eigenvalue weighted by molar-refractivity contribution is 5.49. The molecule has 1 aromatic heterocycles. The summed E-state index contributed by atoms with van der Waals surface area (Å²) in [6, 6.07) is 4.86. The van der Waals surface area contributed by atoms with Gasteiger partial charge in [0.1, 0.15) is 0 Å². The van der Waals surface area contributed by atoms with Crippen molar-refractivity contribution >= 4 is 11.5 Å². The highest BCUT2D eigenvalue weighted by Gasteiger charge is 2.30. The van der Waals surface area contributed by atoms with Crippen molar-refractivity contribution in [3.05, 3.63) is 39.6 Å². The zero-order valence-electron chi connectivity index (χ0n) is 11.5. The van der Waals surface area contributed by atoms with Crippen molar-refractivity contribution in [2.75, 3.05) is 12.8 Å². The van der Waals surface area contributed by atoms with Gasteiger partial charge in [-0.1, -0.05) is 11.3 Å². The Hall–Kier alpha value is -2.64. The SMILES string of the molecule is COc1ccc(Cn2nnc(N)c2C2CC2)cc1[N+](=O)[O-]. The van der Waals surface area contributed by atoms with E-state index in [-0.39, 0.29) is 11.4 Å². The molecular formula is C13H15N5O3. The summed E-state index contributed by atoms with van der Waals surface area (Å²) in [5.74, 6) is 1.10. The largest absolute Gasteiger partial charge is 0.490 e. The zero-order chi connectivity index (χ0) is 15.0. The summed E-state index contributed by atoms with van der Waals surface area (Å²) in [5.41, 5.74) is 7.46. The van der Waals surface area contributed by atoms with Gasteiger partial charge >= 0.3 is 5.69 Å². The quantitative estimate of drug-likeness (QED) is 0.662. The van der Waals surface area contributed by atoms with E-state index in [0.717, 1.165) is 24.1 Å². The van der Waals surface area contributed by atoms with Gasteiger partial charge in [-0.25, -0.2) is 4.68 Å². The van der Waals surface area contributed by atoms with E-state index in [4.69, 9.17) is 10.5 Å². The first-order valence-electron chi connectivity index (χ1n) is 6.60. The van der Waals surface area contributed by atoms with E-state index >= 15 is 0 Å². The lowest BCUT2D eigenvalue weighted by Gasteiger charge is -2.07. The monoisotopic (exact) mass is 289 g/mol. The minimum Gasteiger partial charge on any atom is -0.490 e. The van der Waals surface area contributed by atoms with Crippen LogP contribution in [0.2, 0.25) is 0 Å². The molecule has 1 heterocycles. The molecule has 110 valence electrons. The number of nitrogens with zero attached hydrogens (tertiary/aromatic N) is 4. The van der Waals surface area contributed by atoms with Crippen molar-refractivity contribution in [1.29, 1.82) is 0 Å². The Labute approximate surface area is 120 Å². The molecule has 1 aromatic carbocycles. The van der Waals surface area contributed by atoms with Crippen molar-refractivity contribution in [1.82, 2.24) is 15.0 Å². The average Bonchev–Trinajstić information content (AvgIpc) is 3.23. The summed E-state index contributed by atoms with van der Waals surface area (Å²) in [4.78, 5) is 10.6. The van der Waals surface area contributed by atoms with Crippen LogP contribution in [-0.4, -0.2) is 27.0 Å². The lowest BCUT2D eigenvalue weighted by Crippen LogP contribution is -2.07. The lowest BCUT2D eigenvalue weighted by molar-refractivity contribution is -0.385. The van der Waals surface area contributed by atoms with Crippen LogP contribution in [0.25, 0.3) is 0 Å². The molecule has 0 aliphatic heterocycles. The van der Waals surface area contributed by atoms with E-state index in [9.17, 15) is 10.1 Å². The summed E-state index contributed by atoms with van der Waals surface area (Å²) >= 11 is 0. The molecule has 0 amide bonds.